The van der Waals surface area contributed by atoms with Gasteiger partial charge in [-0.3, -0.25) is 9.69 Å². The molecule has 0 radical (unpaired) electrons. The Labute approximate surface area is 205 Å². The van der Waals surface area contributed by atoms with E-state index in [0.717, 1.165) is 38.2 Å². The fraction of sp³-hybridized carbons (Fsp3) is 0.625. The van der Waals surface area contributed by atoms with Crippen molar-refractivity contribution in [2.24, 2.45) is 0 Å². The van der Waals surface area contributed by atoms with Gasteiger partial charge < -0.3 is 15.5 Å². The molecule has 1 aliphatic carbocycles. The van der Waals surface area contributed by atoms with E-state index in [1.54, 1.807) is 5.38 Å². The molecule has 2 N–H and O–H groups in total. The number of likely N-dealkylation sites (tertiary alicyclic amines) is 1. The van der Waals surface area contributed by atoms with Gasteiger partial charge in [-0.05, 0) is 46.2 Å². The highest BCUT2D eigenvalue weighted by atomic mass is 32.1. The SMILES string of the molecule is Cc1nc(Nc2nc(C(=O)NCCN(C)C3CCCC3)cs2)cc([C@@H]2CCCN(CC#N)C2)n1. The van der Waals surface area contributed by atoms with E-state index in [0.29, 0.717) is 41.6 Å². The zero-order valence-electron chi connectivity index (χ0n) is 20.1. The maximum Gasteiger partial charge on any atom is 0.270 e. The van der Waals surface area contributed by atoms with E-state index in [9.17, 15) is 4.79 Å². The Balaban J connectivity index is 1.32. The van der Waals surface area contributed by atoms with Gasteiger partial charge in [0.05, 0.1) is 18.3 Å². The first-order chi connectivity index (χ1) is 16.5. The largest absolute Gasteiger partial charge is 0.349 e. The molecule has 10 heteroatoms. The van der Waals surface area contributed by atoms with Crippen molar-refractivity contribution in [1.82, 2.24) is 30.1 Å². The lowest BCUT2D eigenvalue weighted by molar-refractivity contribution is 0.0943. The van der Waals surface area contributed by atoms with Gasteiger partial charge in [0.15, 0.2) is 5.13 Å². The molecule has 0 aromatic carbocycles. The van der Waals surface area contributed by atoms with E-state index >= 15 is 0 Å². The average molecular weight is 483 g/mol. The van der Waals surface area contributed by atoms with Crippen molar-refractivity contribution in [3.63, 3.8) is 0 Å². The average Bonchev–Trinajstić information content (AvgIpc) is 3.52. The Morgan fingerprint density at radius 2 is 2.09 bits per heavy atom. The Hall–Kier alpha value is -2.61. The summed E-state index contributed by atoms with van der Waals surface area (Å²) in [6.07, 6.45) is 7.24. The van der Waals surface area contributed by atoms with E-state index in [-0.39, 0.29) is 11.8 Å². The minimum Gasteiger partial charge on any atom is -0.349 e. The number of carbonyl (C=O) groups excluding carboxylic acids is 1. The molecule has 1 amide bonds. The number of thiazole rings is 1. The monoisotopic (exact) mass is 482 g/mol. The number of nitrogens with one attached hydrogen (secondary N) is 2. The van der Waals surface area contributed by atoms with Crippen molar-refractivity contribution in [2.45, 2.75) is 57.4 Å². The number of aromatic nitrogens is 3. The van der Waals surface area contributed by atoms with E-state index < -0.39 is 0 Å². The number of nitrogens with zero attached hydrogens (tertiary/aromatic N) is 6. The molecular weight excluding hydrogens is 448 g/mol. The second-order valence-corrected chi connectivity index (χ2v) is 10.2. The number of rotatable bonds is 9. The summed E-state index contributed by atoms with van der Waals surface area (Å²) in [5.41, 5.74) is 1.40. The zero-order chi connectivity index (χ0) is 23.9. The summed E-state index contributed by atoms with van der Waals surface area (Å²) in [5, 5.41) is 17.7. The first kappa shape index (κ1) is 24.5. The molecule has 2 aromatic heterocycles. The number of nitriles is 1. The van der Waals surface area contributed by atoms with Gasteiger partial charge in [0.2, 0.25) is 0 Å². The van der Waals surface area contributed by atoms with Crippen LogP contribution in [0.25, 0.3) is 0 Å². The number of hydrogen-bond acceptors (Lipinski definition) is 9. The molecule has 9 nitrogen and oxygen atoms in total. The van der Waals surface area contributed by atoms with E-state index in [1.807, 2.05) is 13.0 Å². The fourth-order valence-corrected chi connectivity index (χ4v) is 5.61. The predicted octanol–water partition coefficient (Wildman–Crippen LogP) is 3.29. The number of piperidine rings is 1. The summed E-state index contributed by atoms with van der Waals surface area (Å²) in [7, 11) is 2.14. The number of likely N-dealkylation sites (N-methyl/N-ethyl adjacent to an activating group) is 1. The van der Waals surface area contributed by atoms with Crippen molar-refractivity contribution in [2.75, 3.05) is 45.1 Å². The summed E-state index contributed by atoms with van der Waals surface area (Å²) in [5.74, 6) is 1.51. The lowest BCUT2D eigenvalue weighted by Gasteiger charge is -2.30. The van der Waals surface area contributed by atoms with Crippen LogP contribution < -0.4 is 10.6 Å². The van der Waals surface area contributed by atoms with Crippen molar-refractivity contribution in [1.29, 1.82) is 5.26 Å². The maximum absolute atomic E-state index is 12.5. The van der Waals surface area contributed by atoms with Gasteiger partial charge in [0.1, 0.15) is 17.3 Å². The van der Waals surface area contributed by atoms with Crippen LogP contribution in [-0.2, 0) is 0 Å². The van der Waals surface area contributed by atoms with Gasteiger partial charge in [-0.2, -0.15) is 5.26 Å². The van der Waals surface area contributed by atoms with Crippen LogP contribution in [0, 0.1) is 18.3 Å². The summed E-state index contributed by atoms with van der Waals surface area (Å²) in [6, 6.07) is 4.86. The molecule has 0 bridgehead atoms. The highest BCUT2D eigenvalue weighted by Gasteiger charge is 2.23. The first-order valence-corrected chi connectivity index (χ1v) is 13.1. The smallest absolute Gasteiger partial charge is 0.270 e. The van der Waals surface area contributed by atoms with Gasteiger partial charge in [-0.15, -0.1) is 11.3 Å². The lowest BCUT2D eigenvalue weighted by atomic mass is 9.94. The summed E-state index contributed by atoms with van der Waals surface area (Å²) >= 11 is 1.39. The first-order valence-electron chi connectivity index (χ1n) is 12.2. The normalized spacial score (nSPS) is 19.3. The molecule has 1 saturated carbocycles. The quantitative estimate of drug-likeness (QED) is 0.524. The molecule has 2 fully saturated rings. The van der Waals surface area contributed by atoms with Crippen molar-refractivity contribution >= 4 is 28.2 Å². The van der Waals surface area contributed by atoms with Crippen molar-refractivity contribution in [3.05, 3.63) is 28.7 Å². The van der Waals surface area contributed by atoms with Gasteiger partial charge in [-0.25, -0.2) is 15.0 Å². The minimum atomic E-state index is -0.150. The Morgan fingerprint density at radius 3 is 2.88 bits per heavy atom. The van der Waals surface area contributed by atoms with Gasteiger partial charge >= 0.3 is 0 Å². The molecule has 0 spiro atoms. The molecule has 1 atom stereocenters. The van der Waals surface area contributed by atoms with E-state index in [2.05, 4.69) is 48.5 Å². The molecular formula is C24H34N8OS. The van der Waals surface area contributed by atoms with Crippen LogP contribution in [0.15, 0.2) is 11.4 Å². The number of anilines is 2. The topological polar surface area (TPSA) is 110 Å². The standard InChI is InChI=1S/C24H34N8OS/c1-17-27-20(18-6-5-11-32(15-18)12-9-25)14-22(28-17)30-24-29-21(16-34-24)23(33)26-10-13-31(2)19-7-3-4-8-19/h14,16,18-19H,3-8,10-13,15H2,1-2H3,(H,26,33)(H,27,28,29,30)/t18-/m1/s1. The number of amides is 1. The summed E-state index contributed by atoms with van der Waals surface area (Å²) in [4.78, 5) is 30.7. The molecule has 1 saturated heterocycles. The van der Waals surface area contributed by atoms with Gasteiger partial charge in [0, 0.05) is 43.0 Å². The molecule has 34 heavy (non-hydrogen) atoms. The number of hydrogen-bond donors (Lipinski definition) is 2. The van der Waals surface area contributed by atoms with Crippen molar-refractivity contribution < 1.29 is 4.79 Å². The second kappa shape index (κ2) is 11.7. The third-order valence-electron chi connectivity index (χ3n) is 6.75. The lowest BCUT2D eigenvalue weighted by Crippen LogP contribution is -2.37. The molecule has 1 aliphatic heterocycles. The second-order valence-electron chi connectivity index (χ2n) is 9.30. The van der Waals surface area contributed by atoms with E-state index in [4.69, 9.17) is 5.26 Å². The minimum absolute atomic E-state index is 0.150. The van der Waals surface area contributed by atoms with Crippen LogP contribution in [0.5, 0.6) is 0 Å². The molecule has 2 aliphatic rings. The predicted molar refractivity (Wildman–Crippen MR) is 133 cm³/mol. The fourth-order valence-electron chi connectivity index (χ4n) is 4.91. The number of aryl methyl sites for hydroxylation is 1. The van der Waals surface area contributed by atoms with Crippen LogP contribution >= 0.6 is 11.3 Å². The van der Waals surface area contributed by atoms with Crippen LogP contribution in [-0.4, -0.2) is 76.5 Å². The number of carbonyl (C=O) groups is 1. The van der Waals surface area contributed by atoms with Crippen LogP contribution in [0.1, 0.15) is 66.4 Å². The molecule has 182 valence electrons. The zero-order valence-corrected chi connectivity index (χ0v) is 20.9. The third-order valence-corrected chi connectivity index (χ3v) is 7.50. The highest BCUT2D eigenvalue weighted by Crippen LogP contribution is 2.28. The third kappa shape index (κ3) is 6.50. The maximum atomic E-state index is 12.5. The Morgan fingerprint density at radius 1 is 1.26 bits per heavy atom. The molecule has 0 unspecified atom stereocenters. The van der Waals surface area contributed by atoms with Gasteiger partial charge in [-0.1, -0.05) is 12.8 Å². The van der Waals surface area contributed by atoms with Gasteiger partial charge in [0.25, 0.3) is 5.91 Å². The molecule has 3 heterocycles. The Kier molecular flexibility index (Phi) is 8.43. The summed E-state index contributed by atoms with van der Waals surface area (Å²) < 4.78 is 0. The molecule has 4 rings (SSSR count). The van der Waals surface area contributed by atoms with Crippen LogP contribution in [0.2, 0.25) is 0 Å². The Bertz CT molecular complexity index is 1010. The summed E-state index contributed by atoms with van der Waals surface area (Å²) in [6.45, 7) is 5.59. The van der Waals surface area contributed by atoms with Crippen LogP contribution in [0.4, 0.5) is 10.9 Å². The van der Waals surface area contributed by atoms with Crippen LogP contribution in [0.3, 0.4) is 0 Å². The molecule has 2 aromatic rings. The highest BCUT2D eigenvalue weighted by molar-refractivity contribution is 7.14. The van der Waals surface area contributed by atoms with E-state index in [1.165, 1.54) is 37.0 Å². The van der Waals surface area contributed by atoms with Crippen molar-refractivity contribution in [3.8, 4) is 6.07 Å².